The van der Waals surface area contributed by atoms with Crippen molar-refractivity contribution in [1.29, 1.82) is 0 Å². The number of benzene rings is 2. The number of hydrogen-bond acceptors (Lipinski definition) is 4. The van der Waals surface area contributed by atoms with E-state index < -0.39 is 17.8 Å². The maximum atomic E-state index is 12.8. The molecule has 5 nitrogen and oxygen atoms in total. The largest absolute Gasteiger partial charge is 0.550 e. The fourth-order valence-corrected chi connectivity index (χ4v) is 3.01. The molecule has 0 spiro atoms. The van der Waals surface area contributed by atoms with Crippen molar-refractivity contribution in [3.63, 3.8) is 0 Å². The Hall–Kier alpha value is -2.82. The van der Waals surface area contributed by atoms with E-state index in [-0.39, 0.29) is 5.91 Å². The molecule has 0 saturated heterocycles. The molecule has 0 aromatic heterocycles. The van der Waals surface area contributed by atoms with Crippen LogP contribution < -0.4 is 15.2 Å². The zero-order valence-electron chi connectivity index (χ0n) is 15.5. The number of aliphatic carboxylic acids is 1. The summed E-state index contributed by atoms with van der Waals surface area (Å²) in [4.78, 5) is 24.2. The lowest BCUT2D eigenvalue weighted by molar-refractivity contribution is -0.312. The highest BCUT2D eigenvalue weighted by atomic mass is 16.5. The zero-order chi connectivity index (χ0) is 19.3. The van der Waals surface area contributed by atoms with Crippen LogP contribution in [0.25, 0.3) is 0 Å². The van der Waals surface area contributed by atoms with E-state index in [1.54, 1.807) is 31.4 Å². The molecule has 0 saturated carbocycles. The van der Waals surface area contributed by atoms with Crippen LogP contribution in [-0.4, -0.2) is 19.0 Å². The van der Waals surface area contributed by atoms with Crippen LogP contribution >= 0.6 is 0 Å². The number of carbonyl (C=O) groups is 2. The maximum absolute atomic E-state index is 12.8. The minimum atomic E-state index is -1.23. The van der Waals surface area contributed by atoms with Crippen molar-refractivity contribution in [1.82, 2.24) is 0 Å². The molecule has 0 bridgehead atoms. The molecule has 0 aliphatic rings. The van der Waals surface area contributed by atoms with Crippen LogP contribution in [-0.2, 0) is 16.0 Å². The molecule has 0 heterocycles. The molecule has 0 fully saturated rings. The van der Waals surface area contributed by atoms with Gasteiger partial charge in [-0.05, 0) is 50.1 Å². The molecule has 2 aromatic carbocycles. The number of anilines is 1. The summed E-state index contributed by atoms with van der Waals surface area (Å²) in [5, 5.41) is 14.2. The Kier molecular flexibility index (Phi) is 6.39. The van der Waals surface area contributed by atoms with Crippen LogP contribution in [0.1, 0.15) is 23.6 Å². The Morgan fingerprint density at radius 3 is 2.15 bits per heavy atom. The van der Waals surface area contributed by atoms with Crippen molar-refractivity contribution in [2.24, 2.45) is 11.8 Å². The minimum absolute atomic E-state index is 0.333. The fraction of sp³-hybridized carbons (Fsp3) is 0.333. The first kappa shape index (κ1) is 19.5. The Balaban J connectivity index is 2.22. The molecule has 0 aliphatic carbocycles. The molecule has 26 heavy (non-hydrogen) atoms. The second-order valence-corrected chi connectivity index (χ2v) is 6.63. The highest BCUT2D eigenvalue weighted by Crippen LogP contribution is 2.22. The number of carboxylic acid groups (broad SMARTS) is 1. The number of carboxylic acids is 1. The average Bonchev–Trinajstić information content (AvgIpc) is 2.58. The van der Waals surface area contributed by atoms with E-state index in [9.17, 15) is 14.7 Å². The van der Waals surface area contributed by atoms with E-state index in [2.05, 4.69) is 5.32 Å². The van der Waals surface area contributed by atoms with Gasteiger partial charge in [0.05, 0.1) is 13.0 Å². The van der Waals surface area contributed by atoms with E-state index in [0.29, 0.717) is 17.9 Å². The van der Waals surface area contributed by atoms with Gasteiger partial charge in [0.1, 0.15) is 5.75 Å². The standard InChI is InChI=1S/C21H25NO4/c1-13-9-14(2)11-16(10-13)12-19(15(3)21(24)25)20(23)22-17-5-7-18(26-4)8-6-17/h5-11,15,19H,12H2,1-4H3,(H,22,23)(H,24,25)/p-1/t15-,19-/m1/s1. The van der Waals surface area contributed by atoms with E-state index in [1.807, 2.05) is 32.0 Å². The van der Waals surface area contributed by atoms with Crippen LogP contribution in [0, 0.1) is 25.7 Å². The van der Waals surface area contributed by atoms with Crippen LogP contribution in [0.4, 0.5) is 5.69 Å². The molecule has 2 rings (SSSR count). The van der Waals surface area contributed by atoms with E-state index in [4.69, 9.17) is 4.74 Å². The number of carbonyl (C=O) groups excluding carboxylic acids is 2. The summed E-state index contributed by atoms with van der Waals surface area (Å²) in [5.74, 6) is -2.54. The van der Waals surface area contributed by atoms with Crippen LogP contribution in [0.3, 0.4) is 0 Å². The highest BCUT2D eigenvalue weighted by molar-refractivity contribution is 5.95. The lowest BCUT2D eigenvalue weighted by atomic mass is 9.86. The molecule has 5 heteroatoms. The van der Waals surface area contributed by atoms with Crippen molar-refractivity contribution in [3.05, 3.63) is 59.2 Å². The Bertz CT molecular complexity index is 763. The molecule has 0 radical (unpaired) electrons. The van der Waals surface area contributed by atoms with Crippen molar-refractivity contribution in [3.8, 4) is 5.75 Å². The third kappa shape index (κ3) is 5.09. The lowest BCUT2D eigenvalue weighted by Gasteiger charge is -2.24. The van der Waals surface area contributed by atoms with Gasteiger partial charge in [-0.15, -0.1) is 0 Å². The summed E-state index contributed by atoms with van der Waals surface area (Å²) in [6.45, 7) is 5.46. The molecule has 2 atom stereocenters. The van der Waals surface area contributed by atoms with E-state index >= 15 is 0 Å². The SMILES string of the molecule is COc1ccc(NC(=O)[C@H](Cc2cc(C)cc(C)c2)[C@@H](C)C(=O)[O-])cc1. The van der Waals surface area contributed by atoms with Gasteiger partial charge in [0.15, 0.2) is 0 Å². The van der Waals surface area contributed by atoms with Gasteiger partial charge in [-0.25, -0.2) is 0 Å². The predicted molar refractivity (Wildman–Crippen MR) is 98.9 cm³/mol. The van der Waals surface area contributed by atoms with Crippen LogP contribution in [0.15, 0.2) is 42.5 Å². The molecule has 0 aliphatic heterocycles. The molecule has 0 unspecified atom stereocenters. The molecule has 2 aromatic rings. The summed E-state index contributed by atoms with van der Waals surface area (Å²) in [7, 11) is 1.56. The molecule has 1 amide bonds. The zero-order valence-corrected chi connectivity index (χ0v) is 15.5. The van der Waals surface area contributed by atoms with Gasteiger partial charge < -0.3 is 20.0 Å². The quantitative estimate of drug-likeness (QED) is 0.829. The topological polar surface area (TPSA) is 78.5 Å². The second-order valence-electron chi connectivity index (χ2n) is 6.63. The number of hydrogen-bond donors (Lipinski definition) is 1. The third-order valence-electron chi connectivity index (χ3n) is 4.41. The van der Waals surface area contributed by atoms with Gasteiger partial charge in [-0.2, -0.15) is 0 Å². The fourth-order valence-electron chi connectivity index (χ4n) is 3.01. The molecular formula is C21H24NO4-. The Morgan fingerprint density at radius 1 is 1.08 bits per heavy atom. The smallest absolute Gasteiger partial charge is 0.228 e. The number of amides is 1. The van der Waals surface area contributed by atoms with Gasteiger partial charge >= 0.3 is 0 Å². The lowest BCUT2D eigenvalue weighted by Crippen LogP contribution is -2.40. The maximum Gasteiger partial charge on any atom is 0.228 e. The average molecular weight is 354 g/mol. The summed E-state index contributed by atoms with van der Waals surface area (Å²) >= 11 is 0. The first-order chi connectivity index (χ1) is 12.3. The van der Waals surface area contributed by atoms with E-state index in [0.717, 1.165) is 16.7 Å². The number of methoxy groups -OCH3 is 1. The van der Waals surface area contributed by atoms with Crippen molar-refractivity contribution in [2.75, 3.05) is 12.4 Å². The van der Waals surface area contributed by atoms with E-state index in [1.165, 1.54) is 6.92 Å². The summed E-state index contributed by atoms with van der Waals surface area (Å²) < 4.78 is 5.09. The highest BCUT2D eigenvalue weighted by Gasteiger charge is 2.26. The van der Waals surface area contributed by atoms with Crippen molar-refractivity contribution < 1.29 is 19.4 Å². The summed E-state index contributed by atoms with van der Waals surface area (Å²) in [6, 6.07) is 12.9. The molecular weight excluding hydrogens is 330 g/mol. The second kappa shape index (κ2) is 8.52. The minimum Gasteiger partial charge on any atom is -0.550 e. The van der Waals surface area contributed by atoms with Crippen molar-refractivity contribution >= 4 is 17.6 Å². The number of rotatable bonds is 7. The van der Waals surface area contributed by atoms with Gasteiger partial charge in [0, 0.05) is 17.6 Å². The number of aryl methyl sites for hydroxylation is 2. The van der Waals surface area contributed by atoms with Crippen molar-refractivity contribution in [2.45, 2.75) is 27.2 Å². The first-order valence-corrected chi connectivity index (χ1v) is 8.53. The predicted octanol–water partition coefficient (Wildman–Crippen LogP) is 2.50. The van der Waals surface area contributed by atoms with Crippen LogP contribution in [0.5, 0.6) is 5.75 Å². The third-order valence-corrected chi connectivity index (χ3v) is 4.41. The van der Waals surface area contributed by atoms with Gasteiger partial charge in [-0.1, -0.05) is 36.2 Å². The Labute approximate surface area is 154 Å². The summed E-state index contributed by atoms with van der Waals surface area (Å²) in [5.41, 5.74) is 3.68. The van der Waals surface area contributed by atoms with Gasteiger partial charge in [0.25, 0.3) is 0 Å². The first-order valence-electron chi connectivity index (χ1n) is 8.53. The summed E-state index contributed by atoms with van der Waals surface area (Å²) in [6.07, 6.45) is 0.333. The normalized spacial score (nSPS) is 12.9. The van der Waals surface area contributed by atoms with Gasteiger partial charge in [0.2, 0.25) is 5.91 Å². The molecule has 138 valence electrons. The Morgan fingerprint density at radius 2 is 1.65 bits per heavy atom. The monoisotopic (exact) mass is 354 g/mol. The molecule has 1 N–H and O–H groups in total. The van der Waals surface area contributed by atoms with Gasteiger partial charge in [-0.3, -0.25) is 4.79 Å². The number of ether oxygens (including phenoxy) is 1. The van der Waals surface area contributed by atoms with Crippen LogP contribution in [0.2, 0.25) is 0 Å². The number of nitrogens with one attached hydrogen (secondary N) is 1.